The van der Waals surface area contributed by atoms with Crippen molar-refractivity contribution in [3.63, 3.8) is 0 Å². The van der Waals surface area contributed by atoms with E-state index in [9.17, 15) is 15.0 Å². The van der Waals surface area contributed by atoms with Crippen LogP contribution in [0.25, 0.3) is 10.9 Å². The second-order valence-electron chi connectivity index (χ2n) is 7.78. The van der Waals surface area contributed by atoms with Crippen LogP contribution in [0.2, 0.25) is 0 Å². The quantitative estimate of drug-likeness (QED) is 0.778. The van der Waals surface area contributed by atoms with Gasteiger partial charge in [-0.15, -0.1) is 0 Å². The Morgan fingerprint density at radius 2 is 2.08 bits per heavy atom. The molecule has 4 rings (SSSR count). The van der Waals surface area contributed by atoms with E-state index < -0.39 is 6.10 Å². The molecule has 134 valence electrons. The maximum atomic E-state index is 13.0. The van der Waals surface area contributed by atoms with E-state index >= 15 is 0 Å². The molecular formula is C20H26N2O3. The monoisotopic (exact) mass is 342 g/mol. The number of ketones is 1. The summed E-state index contributed by atoms with van der Waals surface area (Å²) < 4.78 is 0. The summed E-state index contributed by atoms with van der Waals surface area (Å²) in [6.07, 6.45) is 0.637. The van der Waals surface area contributed by atoms with E-state index in [4.69, 9.17) is 0 Å². The van der Waals surface area contributed by atoms with Gasteiger partial charge in [0.1, 0.15) is 0 Å². The number of aromatic amines is 1. The lowest BCUT2D eigenvalue weighted by Gasteiger charge is -2.49. The Hall–Kier alpha value is -1.69. The van der Waals surface area contributed by atoms with Crippen LogP contribution < -0.4 is 0 Å². The van der Waals surface area contributed by atoms with E-state index in [1.165, 1.54) is 0 Å². The van der Waals surface area contributed by atoms with Crippen LogP contribution in [-0.4, -0.2) is 58.2 Å². The van der Waals surface area contributed by atoms with Crippen molar-refractivity contribution in [3.05, 3.63) is 35.5 Å². The van der Waals surface area contributed by atoms with Crippen LogP contribution in [0.15, 0.2) is 24.3 Å². The van der Waals surface area contributed by atoms with E-state index in [1.54, 1.807) is 6.92 Å². The lowest BCUT2D eigenvalue weighted by atomic mass is 9.67. The van der Waals surface area contributed by atoms with Crippen LogP contribution in [0.1, 0.15) is 29.4 Å². The third-order valence-corrected chi connectivity index (χ3v) is 6.42. The molecule has 3 N–H and O–H groups in total. The highest BCUT2D eigenvalue weighted by atomic mass is 16.3. The fraction of sp³-hybridized carbons (Fsp3) is 0.550. The van der Waals surface area contributed by atoms with Crippen molar-refractivity contribution in [2.24, 2.45) is 17.8 Å². The zero-order valence-electron chi connectivity index (χ0n) is 14.8. The Labute approximate surface area is 147 Å². The molecule has 1 aromatic heterocycles. The summed E-state index contributed by atoms with van der Waals surface area (Å²) >= 11 is 0. The van der Waals surface area contributed by atoms with Crippen LogP contribution in [0, 0.1) is 17.8 Å². The molecule has 1 aromatic carbocycles. The summed E-state index contributed by atoms with van der Waals surface area (Å²) in [5.41, 5.74) is 2.78. The number of hydrogen-bond donors (Lipinski definition) is 3. The third kappa shape index (κ3) is 2.62. The van der Waals surface area contributed by atoms with E-state index in [-0.39, 0.29) is 36.2 Å². The number of aromatic nitrogens is 1. The summed E-state index contributed by atoms with van der Waals surface area (Å²) in [5, 5.41) is 21.5. The fourth-order valence-electron chi connectivity index (χ4n) is 5.09. The molecule has 0 radical (unpaired) electrons. The molecule has 1 fully saturated rings. The van der Waals surface area contributed by atoms with Crippen molar-refractivity contribution in [1.82, 2.24) is 9.88 Å². The number of H-pyrrole nitrogens is 1. The molecule has 1 aliphatic carbocycles. The minimum atomic E-state index is -0.489. The van der Waals surface area contributed by atoms with Crippen LogP contribution in [0.3, 0.4) is 0 Å². The Balaban J connectivity index is 1.85. The zero-order valence-corrected chi connectivity index (χ0v) is 14.8. The van der Waals surface area contributed by atoms with Crippen molar-refractivity contribution >= 4 is 16.7 Å². The molecule has 2 bridgehead atoms. The van der Waals surface area contributed by atoms with Gasteiger partial charge < -0.3 is 20.1 Å². The van der Waals surface area contributed by atoms with Crippen molar-refractivity contribution in [3.8, 4) is 0 Å². The SMILES string of the molecule is CC(O)C1CN(C)C2Cc3c([nH]c4ccccc34)C(=O)CC1C2CO. The second-order valence-corrected chi connectivity index (χ2v) is 7.78. The second kappa shape index (κ2) is 6.24. The maximum absolute atomic E-state index is 13.0. The van der Waals surface area contributed by atoms with E-state index in [2.05, 4.69) is 23.0 Å². The van der Waals surface area contributed by atoms with Crippen molar-refractivity contribution in [2.75, 3.05) is 20.2 Å². The first-order valence-electron chi connectivity index (χ1n) is 9.13. The third-order valence-electron chi connectivity index (χ3n) is 6.42. The minimum Gasteiger partial charge on any atom is -0.396 e. The van der Waals surface area contributed by atoms with Crippen LogP contribution >= 0.6 is 0 Å². The average Bonchev–Trinajstić information content (AvgIpc) is 2.95. The molecule has 5 unspecified atom stereocenters. The van der Waals surface area contributed by atoms with Gasteiger partial charge in [0.15, 0.2) is 5.78 Å². The number of nitrogens with one attached hydrogen (secondary N) is 1. The fourth-order valence-corrected chi connectivity index (χ4v) is 5.09. The Kier molecular flexibility index (Phi) is 4.18. The van der Waals surface area contributed by atoms with Crippen molar-refractivity contribution in [2.45, 2.75) is 31.9 Å². The molecular weight excluding hydrogens is 316 g/mol. The summed E-state index contributed by atoms with van der Waals surface area (Å²) in [4.78, 5) is 18.6. The lowest BCUT2D eigenvalue weighted by molar-refractivity contribution is -0.0525. The first kappa shape index (κ1) is 16.8. The van der Waals surface area contributed by atoms with Crippen LogP contribution in [0.4, 0.5) is 0 Å². The normalized spacial score (nSPS) is 31.4. The number of aliphatic hydroxyl groups is 2. The largest absolute Gasteiger partial charge is 0.396 e. The first-order chi connectivity index (χ1) is 12.0. The van der Waals surface area contributed by atoms with Gasteiger partial charge >= 0.3 is 0 Å². The van der Waals surface area contributed by atoms with Gasteiger partial charge in [-0.25, -0.2) is 0 Å². The molecule has 0 amide bonds. The predicted octanol–water partition coefficient (Wildman–Crippen LogP) is 1.83. The molecule has 5 atom stereocenters. The number of likely N-dealkylation sites (N-methyl/N-ethyl adjacent to an activating group) is 1. The van der Waals surface area contributed by atoms with Crippen LogP contribution in [0.5, 0.6) is 0 Å². The van der Waals surface area contributed by atoms with Gasteiger partial charge in [0.25, 0.3) is 0 Å². The van der Waals surface area contributed by atoms with Gasteiger partial charge in [-0.05, 0) is 37.9 Å². The van der Waals surface area contributed by atoms with E-state index in [0.717, 1.165) is 29.4 Å². The number of hydrogen-bond acceptors (Lipinski definition) is 4. The molecule has 25 heavy (non-hydrogen) atoms. The Morgan fingerprint density at radius 1 is 1.32 bits per heavy atom. The van der Waals surface area contributed by atoms with Gasteiger partial charge in [-0.3, -0.25) is 4.79 Å². The number of Topliss-reactive ketones (excluding diaryl/α,β-unsaturated/α-hetero) is 1. The van der Waals surface area contributed by atoms with Gasteiger partial charge in [-0.1, -0.05) is 18.2 Å². The van der Waals surface area contributed by atoms with Gasteiger partial charge in [0, 0.05) is 48.4 Å². The van der Waals surface area contributed by atoms with E-state index in [1.807, 2.05) is 18.2 Å². The first-order valence-corrected chi connectivity index (χ1v) is 9.13. The molecule has 2 aliphatic rings. The molecule has 5 heteroatoms. The number of aliphatic hydroxyl groups excluding tert-OH is 2. The number of likely N-dealkylation sites (tertiary alicyclic amines) is 1. The Morgan fingerprint density at radius 3 is 2.80 bits per heavy atom. The molecule has 5 nitrogen and oxygen atoms in total. The molecule has 1 saturated heterocycles. The lowest BCUT2D eigenvalue weighted by Crippen LogP contribution is -2.57. The van der Waals surface area contributed by atoms with Crippen LogP contribution in [-0.2, 0) is 6.42 Å². The summed E-state index contributed by atoms with van der Waals surface area (Å²) in [6, 6.07) is 8.22. The average molecular weight is 342 g/mol. The molecule has 0 saturated carbocycles. The standard InChI is InChI=1S/C20H26N2O3/c1-11(24)15-9-22(2)18-7-14-12-5-3-4-6-17(12)21-20(14)19(25)8-13(15)16(18)10-23/h3-6,11,13,15-16,18,21,23-24H,7-10H2,1-2H3. The smallest absolute Gasteiger partial charge is 0.179 e. The van der Waals surface area contributed by atoms with Crippen molar-refractivity contribution in [1.29, 1.82) is 0 Å². The van der Waals surface area contributed by atoms with Crippen molar-refractivity contribution < 1.29 is 15.0 Å². The number of nitrogens with zero attached hydrogens (tertiary/aromatic N) is 1. The zero-order chi connectivity index (χ0) is 17.7. The molecule has 0 spiro atoms. The van der Waals surface area contributed by atoms with Gasteiger partial charge in [0.2, 0.25) is 0 Å². The van der Waals surface area contributed by atoms with Gasteiger partial charge in [-0.2, -0.15) is 0 Å². The number of rotatable bonds is 2. The van der Waals surface area contributed by atoms with E-state index in [0.29, 0.717) is 12.1 Å². The highest BCUT2D eigenvalue weighted by Crippen LogP contribution is 2.41. The number of carbonyl (C=O) groups excluding carboxylic acids is 1. The topological polar surface area (TPSA) is 76.6 Å². The molecule has 2 aromatic rings. The van der Waals surface area contributed by atoms with Gasteiger partial charge in [0.05, 0.1) is 11.8 Å². The number of benzene rings is 1. The number of fused-ring (bicyclic) bond motifs is 5. The molecule has 1 aliphatic heterocycles. The summed E-state index contributed by atoms with van der Waals surface area (Å²) in [6.45, 7) is 2.60. The highest BCUT2D eigenvalue weighted by molar-refractivity contribution is 6.02. The molecule has 2 heterocycles. The maximum Gasteiger partial charge on any atom is 0.179 e. The number of para-hydroxylation sites is 1. The number of piperidine rings is 1. The summed E-state index contributed by atoms with van der Waals surface area (Å²) in [7, 11) is 2.07. The summed E-state index contributed by atoms with van der Waals surface area (Å²) in [5.74, 6) is 0.124. The number of carbonyl (C=O) groups is 1. The predicted molar refractivity (Wildman–Crippen MR) is 96.6 cm³/mol. The minimum absolute atomic E-state index is 0.00381. The highest BCUT2D eigenvalue weighted by Gasteiger charge is 2.46. The Bertz CT molecular complexity index is 797.